The first-order chi connectivity index (χ1) is 8.00. The molecule has 0 aliphatic heterocycles. The minimum atomic E-state index is -0.784. The molecule has 0 radical (unpaired) electrons. The van der Waals surface area contributed by atoms with Crippen LogP contribution in [-0.4, -0.2) is 25.5 Å². The first kappa shape index (κ1) is 10.9. The van der Waals surface area contributed by atoms with Gasteiger partial charge in [0.25, 0.3) is 0 Å². The molecule has 0 amide bonds. The van der Waals surface area contributed by atoms with Crippen LogP contribution in [0.25, 0.3) is 11.1 Å². The van der Waals surface area contributed by atoms with Crippen molar-refractivity contribution in [3.8, 4) is 39.9 Å². The van der Waals surface area contributed by atoms with Crippen LogP contribution in [0.1, 0.15) is 0 Å². The third-order valence-electron chi connectivity index (χ3n) is 2.41. The van der Waals surface area contributed by atoms with Crippen molar-refractivity contribution < 1.29 is 25.5 Å². The van der Waals surface area contributed by atoms with Gasteiger partial charge in [-0.05, 0) is 23.8 Å². The van der Waals surface area contributed by atoms with Crippen LogP contribution in [0.3, 0.4) is 0 Å². The summed E-state index contributed by atoms with van der Waals surface area (Å²) in [4.78, 5) is 0. The van der Waals surface area contributed by atoms with Gasteiger partial charge in [-0.2, -0.15) is 0 Å². The Kier molecular flexibility index (Phi) is 2.44. The van der Waals surface area contributed by atoms with E-state index in [4.69, 9.17) is 5.11 Å². The number of aromatic hydroxyl groups is 5. The van der Waals surface area contributed by atoms with E-state index in [9.17, 15) is 20.4 Å². The lowest BCUT2D eigenvalue weighted by Crippen LogP contribution is -1.81. The molecule has 88 valence electrons. The minimum Gasteiger partial charge on any atom is -0.508 e. The van der Waals surface area contributed by atoms with Crippen LogP contribution in [0.15, 0.2) is 30.3 Å². The summed E-state index contributed by atoms with van der Waals surface area (Å²) < 4.78 is 0. The zero-order valence-corrected chi connectivity index (χ0v) is 8.62. The Bertz CT molecular complexity index is 560. The van der Waals surface area contributed by atoms with E-state index in [1.165, 1.54) is 24.3 Å². The van der Waals surface area contributed by atoms with E-state index in [2.05, 4.69) is 0 Å². The second-order valence-corrected chi connectivity index (χ2v) is 3.54. The van der Waals surface area contributed by atoms with E-state index in [0.717, 1.165) is 6.07 Å². The summed E-state index contributed by atoms with van der Waals surface area (Å²) in [5, 5.41) is 46.7. The highest BCUT2D eigenvalue weighted by atomic mass is 16.3. The topological polar surface area (TPSA) is 101 Å². The highest BCUT2D eigenvalue weighted by Crippen LogP contribution is 2.47. The van der Waals surface area contributed by atoms with Crippen LogP contribution >= 0.6 is 0 Å². The molecule has 0 heterocycles. The normalized spacial score (nSPS) is 10.4. The Balaban J connectivity index is 2.64. The molecule has 0 bridgehead atoms. The van der Waals surface area contributed by atoms with Gasteiger partial charge in [-0.25, -0.2) is 0 Å². The van der Waals surface area contributed by atoms with Gasteiger partial charge in [-0.3, -0.25) is 0 Å². The highest BCUT2D eigenvalue weighted by Gasteiger charge is 2.17. The number of hydrogen-bond donors (Lipinski definition) is 5. The molecule has 0 saturated heterocycles. The largest absolute Gasteiger partial charge is 0.508 e. The van der Waals surface area contributed by atoms with Crippen molar-refractivity contribution in [2.75, 3.05) is 0 Å². The van der Waals surface area contributed by atoms with Gasteiger partial charge >= 0.3 is 0 Å². The van der Waals surface area contributed by atoms with Crippen LogP contribution in [-0.2, 0) is 0 Å². The Morgan fingerprint density at radius 1 is 0.647 bits per heavy atom. The first-order valence-corrected chi connectivity index (χ1v) is 4.77. The summed E-state index contributed by atoms with van der Waals surface area (Å²) in [6.07, 6.45) is 0. The molecule has 0 unspecified atom stereocenters. The lowest BCUT2D eigenvalue weighted by molar-refractivity contribution is 0.347. The van der Waals surface area contributed by atoms with E-state index >= 15 is 0 Å². The molecule has 0 aliphatic rings. The Labute approximate surface area is 96.5 Å². The zero-order chi connectivity index (χ0) is 12.6. The van der Waals surface area contributed by atoms with Gasteiger partial charge in [-0.15, -0.1) is 0 Å². The van der Waals surface area contributed by atoms with Crippen molar-refractivity contribution in [3.05, 3.63) is 30.3 Å². The number of hydrogen-bond acceptors (Lipinski definition) is 5. The molecule has 0 spiro atoms. The second kappa shape index (κ2) is 3.79. The molecule has 5 nitrogen and oxygen atoms in total. The van der Waals surface area contributed by atoms with E-state index in [1.54, 1.807) is 0 Å². The van der Waals surface area contributed by atoms with Crippen molar-refractivity contribution in [2.24, 2.45) is 0 Å². The molecule has 2 rings (SSSR count). The Hall–Kier alpha value is -2.56. The van der Waals surface area contributed by atoms with Crippen LogP contribution in [0.2, 0.25) is 0 Å². The molecule has 0 fully saturated rings. The van der Waals surface area contributed by atoms with Gasteiger partial charge in [0.2, 0.25) is 11.5 Å². The molecule has 5 N–H and O–H groups in total. The lowest BCUT2D eigenvalue weighted by Gasteiger charge is -2.09. The van der Waals surface area contributed by atoms with E-state index < -0.39 is 23.0 Å². The summed E-state index contributed by atoms with van der Waals surface area (Å²) in [5.41, 5.74) is 0.628. The molecular formula is C12H10O5. The number of rotatable bonds is 1. The van der Waals surface area contributed by atoms with Gasteiger partial charge in [0.1, 0.15) is 5.75 Å². The smallest absolute Gasteiger partial charge is 0.204 e. The Morgan fingerprint density at radius 2 is 1.24 bits per heavy atom. The molecule has 0 aromatic heterocycles. The quantitative estimate of drug-likeness (QED) is 0.383. The fraction of sp³-hybridized carbons (Fsp3) is 0. The van der Waals surface area contributed by atoms with Gasteiger partial charge < -0.3 is 25.5 Å². The summed E-state index contributed by atoms with van der Waals surface area (Å²) in [5.74, 6) is -2.58. The summed E-state index contributed by atoms with van der Waals surface area (Å²) in [6, 6.07) is 6.92. The van der Waals surface area contributed by atoms with Crippen LogP contribution in [0.5, 0.6) is 28.7 Å². The number of benzene rings is 2. The maximum Gasteiger partial charge on any atom is 0.204 e. The standard InChI is InChI=1S/C12H10O5/c13-7-3-1-6(2-4-7)8-5-9(14)11(16)12(17)10(8)15/h1-5,13-17H. The molecule has 5 heteroatoms. The fourth-order valence-electron chi connectivity index (χ4n) is 1.50. The van der Waals surface area contributed by atoms with Gasteiger partial charge in [0.15, 0.2) is 11.5 Å². The second-order valence-electron chi connectivity index (χ2n) is 3.54. The molecule has 0 atom stereocenters. The van der Waals surface area contributed by atoms with Crippen molar-refractivity contribution in [1.82, 2.24) is 0 Å². The average molecular weight is 234 g/mol. The lowest BCUT2D eigenvalue weighted by atomic mass is 10.0. The summed E-state index contributed by atoms with van der Waals surface area (Å²) >= 11 is 0. The van der Waals surface area contributed by atoms with Crippen molar-refractivity contribution in [1.29, 1.82) is 0 Å². The highest BCUT2D eigenvalue weighted by molar-refractivity contribution is 5.78. The first-order valence-electron chi connectivity index (χ1n) is 4.77. The Morgan fingerprint density at radius 3 is 1.82 bits per heavy atom. The van der Waals surface area contributed by atoms with E-state index in [1.807, 2.05) is 0 Å². The van der Waals surface area contributed by atoms with Gasteiger partial charge in [0.05, 0.1) is 0 Å². The monoisotopic (exact) mass is 234 g/mol. The molecular weight excluding hydrogens is 224 g/mol. The number of phenolic OH excluding ortho intramolecular Hbond substituents is 5. The predicted molar refractivity (Wildman–Crippen MR) is 60.2 cm³/mol. The van der Waals surface area contributed by atoms with Crippen LogP contribution in [0.4, 0.5) is 0 Å². The zero-order valence-electron chi connectivity index (χ0n) is 8.62. The predicted octanol–water partition coefficient (Wildman–Crippen LogP) is 1.88. The number of phenols is 5. The summed E-state index contributed by atoms with van der Waals surface area (Å²) in [6.45, 7) is 0. The van der Waals surface area contributed by atoms with E-state index in [-0.39, 0.29) is 11.3 Å². The van der Waals surface area contributed by atoms with Crippen LogP contribution < -0.4 is 0 Å². The van der Waals surface area contributed by atoms with E-state index in [0.29, 0.717) is 5.56 Å². The molecule has 2 aromatic carbocycles. The SMILES string of the molecule is Oc1ccc(-c2cc(O)c(O)c(O)c2O)cc1. The average Bonchev–Trinajstić information content (AvgIpc) is 2.32. The third-order valence-corrected chi connectivity index (χ3v) is 2.41. The van der Waals surface area contributed by atoms with Crippen LogP contribution in [0, 0.1) is 0 Å². The third kappa shape index (κ3) is 1.78. The maximum atomic E-state index is 9.64. The van der Waals surface area contributed by atoms with Gasteiger partial charge in [-0.1, -0.05) is 12.1 Å². The molecule has 0 saturated carbocycles. The molecule has 17 heavy (non-hydrogen) atoms. The summed E-state index contributed by atoms with van der Waals surface area (Å²) in [7, 11) is 0. The van der Waals surface area contributed by atoms with Gasteiger partial charge in [0, 0.05) is 5.56 Å². The minimum absolute atomic E-state index is 0.0560. The maximum absolute atomic E-state index is 9.64. The van der Waals surface area contributed by atoms with Crippen molar-refractivity contribution in [2.45, 2.75) is 0 Å². The van der Waals surface area contributed by atoms with Crippen molar-refractivity contribution in [3.63, 3.8) is 0 Å². The fourth-order valence-corrected chi connectivity index (χ4v) is 1.50. The molecule has 2 aromatic rings. The molecule has 0 aliphatic carbocycles. The van der Waals surface area contributed by atoms with Crippen molar-refractivity contribution >= 4 is 0 Å².